The maximum Gasteiger partial charge on any atom is 0.302 e. The Morgan fingerprint density at radius 2 is 1.82 bits per heavy atom. The Bertz CT molecular complexity index is 1180. The molecule has 3 atom stereocenters. The van der Waals surface area contributed by atoms with Crippen molar-refractivity contribution in [3.8, 4) is 0 Å². The third-order valence-corrected chi connectivity index (χ3v) is 6.12. The smallest absolute Gasteiger partial charge is 0.302 e. The number of likely N-dealkylation sites (N-methyl/N-ethyl adjacent to an activating group) is 1. The minimum atomic E-state index is -0.793. The lowest BCUT2D eigenvalue weighted by atomic mass is 9.94. The highest BCUT2D eigenvalue weighted by Gasteiger charge is 2.39. The third kappa shape index (κ3) is 5.04. The molecule has 1 aliphatic heterocycles. The molecule has 2 aromatic carbocycles. The van der Waals surface area contributed by atoms with E-state index in [0.29, 0.717) is 13.0 Å². The summed E-state index contributed by atoms with van der Waals surface area (Å²) < 4.78 is 11.9. The Labute approximate surface area is 199 Å². The van der Waals surface area contributed by atoms with Gasteiger partial charge in [-0.1, -0.05) is 69.3 Å². The van der Waals surface area contributed by atoms with Crippen LogP contribution in [0, 0.1) is 5.92 Å². The second-order valence-corrected chi connectivity index (χ2v) is 9.16. The summed E-state index contributed by atoms with van der Waals surface area (Å²) in [6, 6.07) is 17.7. The lowest BCUT2D eigenvalue weighted by Crippen LogP contribution is -2.43. The number of aliphatic imine (C=N–C) groups is 1. The minimum Gasteiger partial charge on any atom is -0.450 e. The number of H-pyrrole nitrogens is 1. The summed E-state index contributed by atoms with van der Waals surface area (Å²) in [5.74, 6) is -0.662. The second-order valence-electron chi connectivity index (χ2n) is 9.16. The van der Waals surface area contributed by atoms with Crippen LogP contribution in [-0.4, -0.2) is 47.0 Å². The summed E-state index contributed by atoms with van der Waals surface area (Å²) in [5.41, 5.74) is 2.96. The number of amides is 2. The minimum absolute atomic E-state index is 0.0174. The summed E-state index contributed by atoms with van der Waals surface area (Å²) in [5, 5.41) is 1.04. The van der Waals surface area contributed by atoms with E-state index < -0.39 is 18.1 Å². The number of fused-ring (bicyclic) bond motifs is 1. The molecule has 0 bridgehead atoms. The summed E-state index contributed by atoms with van der Waals surface area (Å²) >= 11 is 0. The van der Waals surface area contributed by atoms with Gasteiger partial charge in [0.1, 0.15) is 6.10 Å². The van der Waals surface area contributed by atoms with Gasteiger partial charge in [0.2, 0.25) is 0 Å². The Morgan fingerprint density at radius 3 is 2.56 bits per heavy atom. The average molecular weight is 462 g/mol. The normalized spacial score (nSPS) is 17.5. The molecule has 34 heavy (non-hydrogen) atoms. The fraction of sp³-hybridized carbons (Fsp3) is 0.370. The van der Waals surface area contributed by atoms with Crippen LogP contribution in [0.4, 0.5) is 0 Å². The second kappa shape index (κ2) is 10.2. The predicted octanol–water partition coefficient (Wildman–Crippen LogP) is 4.64. The number of nitrogens with zero attached hydrogens (tertiary/aromatic N) is 2. The maximum absolute atomic E-state index is 13.3. The first-order chi connectivity index (χ1) is 16.3. The van der Waals surface area contributed by atoms with Crippen LogP contribution in [0.3, 0.4) is 0 Å². The highest BCUT2D eigenvalue weighted by Crippen LogP contribution is 2.31. The fourth-order valence-electron chi connectivity index (χ4n) is 4.20. The SMILES string of the molecule is CC(C)CC(OCc1ccccc1)C(=O)N(C)C1=NC(=O)[C@H]([C@H](C)c2c[nH]c3ccccc23)O1. The fourth-order valence-corrected chi connectivity index (χ4v) is 4.20. The number of amidine groups is 1. The van der Waals surface area contributed by atoms with Gasteiger partial charge in [-0.25, -0.2) is 0 Å². The van der Waals surface area contributed by atoms with Gasteiger partial charge in [0.05, 0.1) is 6.61 Å². The van der Waals surface area contributed by atoms with Crippen molar-refractivity contribution >= 4 is 28.7 Å². The number of hydrogen-bond donors (Lipinski definition) is 1. The van der Waals surface area contributed by atoms with Crippen molar-refractivity contribution in [2.45, 2.75) is 51.9 Å². The highest BCUT2D eigenvalue weighted by atomic mass is 16.5. The molecule has 0 spiro atoms. The molecule has 2 amide bonds. The first-order valence-electron chi connectivity index (χ1n) is 11.6. The first-order valence-corrected chi connectivity index (χ1v) is 11.6. The van der Waals surface area contributed by atoms with E-state index in [4.69, 9.17) is 9.47 Å². The van der Waals surface area contributed by atoms with Crippen molar-refractivity contribution in [3.63, 3.8) is 0 Å². The summed E-state index contributed by atoms with van der Waals surface area (Å²) in [6.45, 7) is 6.34. The number of rotatable bonds is 8. The predicted molar refractivity (Wildman–Crippen MR) is 131 cm³/mol. The number of carbonyl (C=O) groups is 2. The van der Waals surface area contributed by atoms with Gasteiger partial charge in [0.25, 0.3) is 11.8 Å². The molecule has 4 rings (SSSR count). The van der Waals surface area contributed by atoms with Crippen LogP contribution in [0.1, 0.15) is 44.2 Å². The Hall–Kier alpha value is -3.45. The number of ether oxygens (including phenoxy) is 2. The van der Waals surface area contributed by atoms with E-state index in [-0.39, 0.29) is 23.8 Å². The number of benzene rings is 2. The molecule has 1 N–H and O–H groups in total. The van der Waals surface area contributed by atoms with E-state index in [1.165, 1.54) is 4.90 Å². The number of para-hydroxylation sites is 1. The highest BCUT2D eigenvalue weighted by molar-refractivity contribution is 6.05. The number of aromatic amines is 1. The van der Waals surface area contributed by atoms with E-state index in [1.54, 1.807) is 7.05 Å². The van der Waals surface area contributed by atoms with Crippen LogP contribution < -0.4 is 0 Å². The molecule has 1 unspecified atom stereocenters. The van der Waals surface area contributed by atoms with Crippen LogP contribution >= 0.6 is 0 Å². The van der Waals surface area contributed by atoms with E-state index in [9.17, 15) is 9.59 Å². The zero-order chi connectivity index (χ0) is 24.2. The van der Waals surface area contributed by atoms with Crippen LogP contribution in [0.15, 0.2) is 65.8 Å². The van der Waals surface area contributed by atoms with Crippen LogP contribution in [-0.2, 0) is 25.7 Å². The molecule has 1 aromatic heterocycles. The van der Waals surface area contributed by atoms with Gasteiger partial charge >= 0.3 is 6.02 Å². The van der Waals surface area contributed by atoms with E-state index in [2.05, 4.69) is 9.98 Å². The van der Waals surface area contributed by atoms with Gasteiger partial charge in [-0.2, -0.15) is 4.99 Å². The lowest BCUT2D eigenvalue weighted by Gasteiger charge is -2.25. The zero-order valence-corrected chi connectivity index (χ0v) is 20.0. The Kier molecular flexibility index (Phi) is 7.12. The number of nitrogens with one attached hydrogen (secondary N) is 1. The van der Waals surface area contributed by atoms with E-state index >= 15 is 0 Å². The van der Waals surface area contributed by atoms with Gasteiger partial charge in [0, 0.05) is 30.1 Å². The Morgan fingerprint density at radius 1 is 1.12 bits per heavy atom. The standard InChI is InChI=1S/C27H31N3O4/c1-17(2)14-23(33-16-19-10-6-5-7-11-19)26(32)30(4)27-29-25(31)24(34-27)18(3)21-15-28-22-13-9-8-12-20(21)22/h5-13,15,17-18,23-24,28H,14,16H2,1-4H3/t18-,23?,24+/m1/s1. The third-order valence-electron chi connectivity index (χ3n) is 6.12. The van der Waals surface area contributed by atoms with Crippen molar-refractivity contribution in [2.24, 2.45) is 10.9 Å². The molecule has 1 aliphatic rings. The molecule has 178 valence electrons. The number of hydrogen-bond acceptors (Lipinski definition) is 4. The summed E-state index contributed by atoms with van der Waals surface area (Å²) in [6.07, 6.45) is 0.983. The van der Waals surface area contributed by atoms with Crippen molar-refractivity contribution in [1.29, 1.82) is 0 Å². The molecule has 3 aromatic rings. The van der Waals surface area contributed by atoms with Crippen LogP contribution in [0.2, 0.25) is 0 Å². The molecular weight excluding hydrogens is 430 g/mol. The monoisotopic (exact) mass is 461 g/mol. The molecule has 0 aliphatic carbocycles. The van der Waals surface area contributed by atoms with Crippen molar-refractivity contribution in [3.05, 3.63) is 71.9 Å². The largest absolute Gasteiger partial charge is 0.450 e. The average Bonchev–Trinajstić information content (AvgIpc) is 3.44. The lowest BCUT2D eigenvalue weighted by molar-refractivity contribution is -0.141. The summed E-state index contributed by atoms with van der Waals surface area (Å²) in [4.78, 5) is 34.7. The molecule has 0 saturated carbocycles. The molecule has 2 heterocycles. The van der Waals surface area contributed by atoms with Crippen LogP contribution in [0.25, 0.3) is 10.9 Å². The van der Waals surface area contributed by atoms with Gasteiger partial charge in [-0.05, 0) is 29.5 Å². The van der Waals surface area contributed by atoms with Gasteiger partial charge < -0.3 is 14.5 Å². The maximum atomic E-state index is 13.3. The van der Waals surface area contributed by atoms with Crippen molar-refractivity contribution in [1.82, 2.24) is 9.88 Å². The quantitative estimate of drug-likeness (QED) is 0.530. The number of carbonyl (C=O) groups excluding carboxylic acids is 2. The van der Waals surface area contributed by atoms with Gasteiger partial charge in [-0.3, -0.25) is 14.5 Å². The Balaban J connectivity index is 1.45. The molecule has 0 radical (unpaired) electrons. The van der Waals surface area contributed by atoms with E-state index in [1.807, 2.05) is 81.6 Å². The molecular formula is C27H31N3O4. The van der Waals surface area contributed by atoms with E-state index in [0.717, 1.165) is 22.0 Å². The van der Waals surface area contributed by atoms with Gasteiger partial charge in [-0.15, -0.1) is 0 Å². The first kappa shape index (κ1) is 23.7. The topological polar surface area (TPSA) is 84.0 Å². The van der Waals surface area contributed by atoms with Crippen molar-refractivity contribution in [2.75, 3.05) is 7.05 Å². The summed E-state index contributed by atoms with van der Waals surface area (Å²) in [7, 11) is 1.58. The zero-order valence-electron chi connectivity index (χ0n) is 20.0. The molecule has 0 saturated heterocycles. The molecule has 0 fully saturated rings. The van der Waals surface area contributed by atoms with Gasteiger partial charge in [0.15, 0.2) is 6.10 Å². The molecule has 7 heteroatoms. The molecule has 7 nitrogen and oxygen atoms in total. The van der Waals surface area contributed by atoms with Crippen LogP contribution in [0.5, 0.6) is 0 Å². The number of aromatic nitrogens is 1. The van der Waals surface area contributed by atoms with Crippen molar-refractivity contribution < 1.29 is 19.1 Å².